The summed E-state index contributed by atoms with van der Waals surface area (Å²) in [5.74, 6) is 2.58. The fourth-order valence-electron chi connectivity index (χ4n) is 6.21. The van der Waals surface area contributed by atoms with E-state index < -0.39 is 0 Å². The number of aryl methyl sites for hydroxylation is 1. The first kappa shape index (κ1) is 14.0. The maximum Gasteiger partial charge on any atom is 0.228 e. The minimum Gasteiger partial charge on any atom is -0.320 e. The van der Waals surface area contributed by atoms with Gasteiger partial charge in [0, 0.05) is 18.4 Å². The van der Waals surface area contributed by atoms with Gasteiger partial charge in [0.25, 0.3) is 0 Å². The molecule has 4 aliphatic rings. The number of hydrogen-bond donors (Lipinski definition) is 1. The molecule has 0 unspecified atom stereocenters. The molecule has 2 bridgehead atoms. The number of rotatable bonds is 1. The van der Waals surface area contributed by atoms with Gasteiger partial charge in [-0.15, -0.1) is 0 Å². The van der Waals surface area contributed by atoms with Crippen molar-refractivity contribution in [2.24, 2.45) is 23.7 Å². The third kappa shape index (κ3) is 1.72. The van der Waals surface area contributed by atoms with Crippen LogP contribution in [0.5, 0.6) is 0 Å². The predicted octanol–water partition coefficient (Wildman–Crippen LogP) is 3.04. The van der Waals surface area contributed by atoms with Gasteiger partial charge in [0.15, 0.2) is 0 Å². The normalized spacial score (nSPS) is 41.8. The van der Waals surface area contributed by atoms with Crippen LogP contribution in [-0.2, 0) is 10.5 Å². The van der Waals surface area contributed by atoms with Gasteiger partial charge in [-0.25, -0.2) is 0 Å². The summed E-state index contributed by atoms with van der Waals surface area (Å²) >= 11 is 0. The minimum atomic E-state index is -0.230. The minimum absolute atomic E-state index is 0.230. The Morgan fingerprint density at radius 1 is 1.13 bits per heavy atom. The Labute approximate surface area is 138 Å². The first-order valence-electron chi connectivity index (χ1n) is 9.35. The molecule has 2 aliphatic carbocycles. The molecule has 2 saturated heterocycles. The molecule has 3 heteroatoms. The number of nitrogens with zero attached hydrogens (tertiary/aromatic N) is 1. The number of carbonyl (C=O) groups is 1. The van der Waals surface area contributed by atoms with E-state index in [1.165, 1.54) is 36.8 Å². The van der Waals surface area contributed by atoms with E-state index >= 15 is 0 Å². The number of nitrogens with one attached hydrogen (secondary N) is 1. The van der Waals surface area contributed by atoms with Crippen molar-refractivity contribution in [3.8, 4) is 0 Å². The summed E-state index contributed by atoms with van der Waals surface area (Å²) in [6.45, 7) is 4.09. The van der Waals surface area contributed by atoms with Gasteiger partial charge in [0.1, 0.15) is 5.66 Å². The summed E-state index contributed by atoms with van der Waals surface area (Å²) in [4.78, 5) is 15.5. The van der Waals surface area contributed by atoms with Crippen molar-refractivity contribution in [2.75, 3.05) is 13.1 Å². The standard InChI is InChI=1S/C20H26N2O/c1-13-4-8-16(9-5-13)20-18-15-7-6-14(12-15)17(18)19(23)22(20)11-3-2-10-21-20/h4-5,8-9,14-15,17-18,21H,2-3,6-7,10-12H2,1H3/t14-,15+,17+,18-,20-/m0/s1. The number of amides is 1. The number of carbonyl (C=O) groups excluding carboxylic acids is 1. The second-order valence-corrected chi connectivity index (χ2v) is 8.14. The van der Waals surface area contributed by atoms with Crippen LogP contribution in [0.25, 0.3) is 0 Å². The molecule has 23 heavy (non-hydrogen) atoms. The van der Waals surface area contributed by atoms with Crippen molar-refractivity contribution in [1.82, 2.24) is 10.2 Å². The molecule has 1 aromatic rings. The van der Waals surface area contributed by atoms with Crippen LogP contribution in [0.1, 0.15) is 43.2 Å². The maximum absolute atomic E-state index is 13.3. The molecule has 1 aromatic carbocycles. The Hall–Kier alpha value is -1.35. The van der Waals surface area contributed by atoms with E-state index in [-0.39, 0.29) is 11.6 Å². The quantitative estimate of drug-likeness (QED) is 0.865. The molecular weight excluding hydrogens is 284 g/mol. The van der Waals surface area contributed by atoms with E-state index in [2.05, 4.69) is 41.4 Å². The summed E-state index contributed by atoms with van der Waals surface area (Å²) in [6, 6.07) is 8.95. The van der Waals surface area contributed by atoms with E-state index in [4.69, 9.17) is 0 Å². The first-order valence-corrected chi connectivity index (χ1v) is 9.35. The zero-order valence-electron chi connectivity index (χ0n) is 13.9. The molecule has 2 aliphatic heterocycles. The lowest BCUT2D eigenvalue weighted by Gasteiger charge is -2.44. The summed E-state index contributed by atoms with van der Waals surface area (Å²) in [5, 5.41) is 3.88. The van der Waals surface area contributed by atoms with Crippen LogP contribution >= 0.6 is 0 Å². The van der Waals surface area contributed by atoms with Crippen LogP contribution in [0.2, 0.25) is 0 Å². The van der Waals surface area contributed by atoms with Crippen molar-refractivity contribution in [3.05, 3.63) is 35.4 Å². The molecule has 1 N–H and O–H groups in total. The SMILES string of the molecule is Cc1ccc([C@]23NCCCCN2C(=O)[C@@H]2[C@H]4CC[C@H](C4)[C@@H]23)cc1. The molecule has 0 radical (unpaired) electrons. The van der Waals surface area contributed by atoms with Crippen molar-refractivity contribution < 1.29 is 4.79 Å². The van der Waals surface area contributed by atoms with Crippen molar-refractivity contribution in [2.45, 2.75) is 44.7 Å². The Kier molecular flexibility index (Phi) is 2.94. The largest absolute Gasteiger partial charge is 0.320 e. The molecule has 1 amide bonds. The van der Waals surface area contributed by atoms with Gasteiger partial charge < -0.3 is 4.90 Å². The monoisotopic (exact) mass is 310 g/mol. The van der Waals surface area contributed by atoms with E-state index in [1.807, 2.05) is 0 Å². The molecular formula is C20H26N2O. The molecule has 3 nitrogen and oxygen atoms in total. The number of hydrogen-bond acceptors (Lipinski definition) is 2. The highest BCUT2D eigenvalue weighted by Gasteiger charge is 2.67. The molecule has 0 aromatic heterocycles. The van der Waals surface area contributed by atoms with Gasteiger partial charge in [-0.1, -0.05) is 29.8 Å². The highest BCUT2D eigenvalue weighted by Crippen LogP contribution is 2.63. The zero-order chi connectivity index (χ0) is 15.6. The third-order valence-corrected chi connectivity index (χ3v) is 7.07. The Balaban J connectivity index is 1.69. The molecule has 0 spiro atoms. The Morgan fingerprint density at radius 3 is 2.74 bits per heavy atom. The molecule has 5 rings (SSSR count). The van der Waals surface area contributed by atoms with Crippen LogP contribution in [-0.4, -0.2) is 23.9 Å². The lowest BCUT2D eigenvalue weighted by Crippen LogP contribution is -2.57. The van der Waals surface area contributed by atoms with Crippen molar-refractivity contribution in [3.63, 3.8) is 0 Å². The van der Waals surface area contributed by atoms with E-state index in [0.717, 1.165) is 25.4 Å². The molecule has 5 atom stereocenters. The molecule has 4 fully saturated rings. The maximum atomic E-state index is 13.3. The predicted molar refractivity (Wildman–Crippen MR) is 89.6 cm³/mol. The van der Waals surface area contributed by atoms with Gasteiger partial charge in [-0.2, -0.15) is 0 Å². The van der Waals surface area contributed by atoms with E-state index in [0.29, 0.717) is 17.7 Å². The average Bonchev–Trinajstić information content (AvgIpc) is 3.17. The summed E-state index contributed by atoms with van der Waals surface area (Å²) in [7, 11) is 0. The van der Waals surface area contributed by atoms with E-state index in [9.17, 15) is 4.79 Å². The second-order valence-electron chi connectivity index (χ2n) is 8.14. The fraction of sp³-hybridized carbons (Fsp3) is 0.650. The second kappa shape index (κ2) is 4.83. The lowest BCUT2D eigenvalue weighted by molar-refractivity contribution is -0.135. The summed E-state index contributed by atoms with van der Waals surface area (Å²) < 4.78 is 0. The highest BCUT2D eigenvalue weighted by atomic mass is 16.2. The first-order chi connectivity index (χ1) is 11.2. The van der Waals surface area contributed by atoms with Crippen LogP contribution in [0.15, 0.2) is 24.3 Å². The van der Waals surface area contributed by atoms with Crippen LogP contribution < -0.4 is 5.32 Å². The molecule has 122 valence electrons. The van der Waals surface area contributed by atoms with Crippen LogP contribution in [0, 0.1) is 30.6 Å². The molecule has 2 saturated carbocycles. The van der Waals surface area contributed by atoms with Gasteiger partial charge >= 0.3 is 0 Å². The van der Waals surface area contributed by atoms with Gasteiger partial charge in [-0.05, 0) is 63.0 Å². The van der Waals surface area contributed by atoms with Gasteiger partial charge in [0.05, 0.1) is 0 Å². The summed E-state index contributed by atoms with van der Waals surface area (Å²) in [6.07, 6.45) is 6.17. The zero-order valence-corrected chi connectivity index (χ0v) is 13.9. The van der Waals surface area contributed by atoms with Gasteiger partial charge in [-0.3, -0.25) is 10.1 Å². The average molecular weight is 310 g/mol. The summed E-state index contributed by atoms with van der Waals surface area (Å²) in [5.41, 5.74) is 2.38. The third-order valence-electron chi connectivity index (χ3n) is 7.07. The number of benzene rings is 1. The van der Waals surface area contributed by atoms with Crippen molar-refractivity contribution >= 4 is 5.91 Å². The van der Waals surface area contributed by atoms with E-state index in [1.54, 1.807) is 0 Å². The van der Waals surface area contributed by atoms with Crippen LogP contribution in [0.3, 0.4) is 0 Å². The smallest absolute Gasteiger partial charge is 0.228 e. The number of fused-ring (bicyclic) bond motifs is 7. The Bertz CT molecular complexity index is 640. The topological polar surface area (TPSA) is 32.3 Å². The van der Waals surface area contributed by atoms with Crippen LogP contribution in [0.4, 0.5) is 0 Å². The van der Waals surface area contributed by atoms with Gasteiger partial charge in [0.2, 0.25) is 5.91 Å². The fourth-order valence-corrected chi connectivity index (χ4v) is 6.21. The lowest BCUT2D eigenvalue weighted by atomic mass is 9.72. The Morgan fingerprint density at radius 2 is 1.91 bits per heavy atom. The molecule has 2 heterocycles. The highest BCUT2D eigenvalue weighted by molar-refractivity contribution is 5.84. The van der Waals surface area contributed by atoms with Crippen molar-refractivity contribution in [1.29, 1.82) is 0 Å².